The Morgan fingerprint density at radius 1 is 1.60 bits per heavy atom. The van der Waals surface area contributed by atoms with Gasteiger partial charge in [0.25, 0.3) is 5.91 Å². The van der Waals surface area contributed by atoms with E-state index >= 15 is 0 Å². The second-order valence-electron chi connectivity index (χ2n) is 5.97. The molecule has 0 saturated carbocycles. The van der Waals surface area contributed by atoms with Crippen LogP contribution in [-0.2, 0) is 11.8 Å². The summed E-state index contributed by atoms with van der Waals surface area (Å²) in [5, 5.41) is 10.4. The van der Waals surface area contributed by atoms with Crippen LogP contribution < -0.4 is 10.6 Å². The molecule has 2 aliphatic rings. The number of carbonyl (C=O) groups is 1. The van der Waals surface area contributed by atoms with Gasteiger partial charge in [0.15, 0.2) is 0 Å². The van der Waals surface area contributed by atoms with Crippen LogP contribution in [0, 0.1) is 5.41 Å². The summed E-state index contributed by atoms with van der Waals surface area (Å²) in [6.07, 6.45) is 5.32. The summed E-state index contributed by atoms with van der Waals surface area (Å²) in [5.74, 6) is -0.125. The van der Waals surface area contributed by atoms with Crippen LogP contribution in [0.2, 0.25) is 0 Å². The molecule has 0 radical (unpaired) electrons. The van der Waals surface area contributed by atoms with Crippen LogP contribution in [0.15, 0.2) is 12.3 Å². The summed E-state index contributed by atoms with van der Waals surface area (Å²) in [6, 6.07) is 1.72. The maximum absolute atomic E-state index is 11.9. The van der Waals surface area contributed by atoms with Gasteiger partial charge in [-0.2, -0.15) is 5.10 Å². The number of rotatable bonds is 3. The lowest BCUT2D eigenvalue weighted by atomic mass is 9.77. The summed E-state index contributed by atoms with van der Waals surface area (Å²) in [7, 11) is 1.80. The van der Waals surface area contributed by atoms with Crippen LogP contribution in [0.25, 0.3) is 0 Å². The molecule has 3 rings (SSSR count). The summed E-state index contributed by atoms with van der Waals surface area (Å²) in [5.41, 5.74) is 0.799. The van der Waals surface area contributed by atoms with Crippen LogP contribution in [0.4, 0.5) is 0 Å². The molecular formula is C14H22N4O2. The normalized spacial score (nSPS) is 24.9. The molecule has 20 heavy (non-hydrogen) atoms. The molecule has 0 bridgehead atoms. The molecule has 1 atom stereocenters. The molecule has 2 aliphatic heterocycles. The largest absolute Gasteiger partial charge is 0.376 e. The first-order chi connectivity index (χ1) is 9.67. The van der Waals surface area contributed by atoms with E-state index in [1.807, 2.05) is 0 Å². The van der Waals surface area contributed by atoms with E-state index in [9.17, 15) is 4.79 Å². The molecule has 2 fully saturated rings. The molecule has 1 aromatic heterocycles. The summed E-state index contributed by atoms with van der Waals surface area (Å²) in [6.45, 7) is 3.57. The quantitative estimate of drug-likeness (QED) is 0.835. The highest BCUT2D eigenvalue weighted by molar-refractivity contribution is 5.92. The summed E-state index contributed by atoms with van der Waals surface area (Å²) < 4.78 is 7.50. The van der Waals surface area contributed by atoms with Crippen molar-refractivity contribution in [3.8, 4) is 0 Å². The number of carbonyl (C=O) groups excluding carboxylic acids is 1. The molecule has 2 saturated heterocycles. The van der Waals surface area contributed by atoms with Crippen LogP contribution in [0.1, 0.15) is 29.8 Å². The van der Waals surface area contributed by atoms with E-state index in [1.165, 1.54) is 12.8 Å². The number of hydrogen-bond acceptors (Lipinski definition) is 4. The van der Waals surface area contributed by atoms with Crippen molar-refractivity contribution in [1.82, 2.24) is 20.4 Å². The first-order valence-electron chi connectivity index (χ1n) is 7.27. The molecule has 1 unspecified atom stereocenters. The molecular weight excluding hydrogens is 256 g/mol. The molecule has 1 aromatic rings. The van der Waals surface area contributed by atoms with E-state index in [0.29, 0.717) is 17.7 Å². The van der Waals surface area contributed by atoms with Crippen molar-refractivity contribution < 1.29 is 9.53 Å². The average molecular weight is 278 g/mol. The van der Waals surface area contributed by atoms with Gasteiger partial charge in [-0.3, -0.25) is 9.48 Å². The van der Waals surface area contributed by atoms with E-state index in [2.05, 4.69) is 15.7 Å². The van der Waals surface area contributed by atoms with Crippen molar-refractivity contribution in [2.24, 2.45) is 12.5 Å². The topological polar surface area (TPSA) is 68.2 Å². The first-order valence-corrected chi connectivity index (χ1v) is 7.27. The van der Waals surface area contributed by atoms with Crippen molar-refractivity contribution >= 4 is 5.91 Å². The zero-order valence-corrected chi connectivity index (χ0v) is 11.9. The zero-order valence-electron chi connectivity index (χ0n) is 11.9. The molecule has 110 valence electrons. The van der Waals surface area contributed by atoms with Crippen LogP contribution in [-0.4, -0.2) is 48.0 Å². The van der Waals surface area contributed by atoms with Gasteiger partial charge in [0.2, 0.25) is 0 Å². The van der Waals surface area contributed by atoms with Gasteiger partial charge in [0.05, 0.1) is 12.7 Å². The molecule has 2 N–H and O–H groups in total. The third-order valence-corrected chi connectivity index (χ3v) is 4.39. The summed E-state index contributed by atoms with van der Waals surface area (Å²) in [4.78, 5) is 11.9. The number of aromatic nitrogens is 2. The van der Waals surface area contributed by atoms with Crippen LogP contribution >= 0.6 is 0 Å². The van der Waals surface area contributed by atoms with E-state index in [0.717, 1.165) is 26.1 Å². The monoisotopic (exact) mass is 278 g/mol. The van der Waals surface area contributed by atoms with Gasteiger partial charge in [-0.05, 0) is 43.8 Å². The van der Waals surface area contributed by atoms with E-state index in [1.54, 1.807) is 24.0 Å². The average Bonchev–Trinajstić information content (AvgIpc) is 3.05. The van der Waals surface area contributed by atoms with Gasteiger partial charge in [-0.15, -0.1) is 0 Å². The van der Waals surface area contributed by atoms with Crippen molar-refractivity contribution in [3.63, 3.8) is 0 Å². The Morgan fingerprint density at radius 3 is 3.10 bits per heavy atom. The number of nitrogens with one attached hydrogen (secondary N) is 2. The molecule has 6 heteroatoms. The maximum atomic E-state index is 11.9. The highest BCUT2D eigenvalue weighted by Crippen LogP contribution is 2.40. The Hall–Kier alpha value is -1.40. The predicted octanol–water partition coefficient (Wildman–Crippen LogP) is 0.309. The number of aryl methyl sites for hydroxylation is 1. The van der Waals surface area contributed by atoms with Crippen molar-refractivity contribution in [2.45, 2.75) is 25.4 Å². The minimum Gasteiger partial charge on any atom is -0.376 e. The lowest BCUT2D eigenvalue weighted by Crippen LogP contribution is -2.38. The minimum absolute atomic E-state index is 0.125. The minimum atomic E-state index is -0.125. The fourth-order valence-corrected chi connectivity index (χ4v) is 3.17. The number of hydrogen-bond donors (Lipinski definition) is 2. The Morgan fingerprint density at radius 2 is 2.40 bits per heavy atom. The van der Waals surface area contributed by atoms with E-state index < -0.39 is 0 Å². The fraction of sp³-hybridized carbons (Fsp3) is 0.714. The van der Waals surface area contributed by atoms with Crippen molar-refractivity contribution in [2.75, 3.05) is 26.2 Å². The van der Waals surface area contributed by atoms with Crippen LogP contribution in [0.5, 0.6) is 0 Å². The fourth-order valence-electron chi connectivity index (χ4n) is 3.17. The van der Waals surface area contributed by atoms with Gasteiger partial charge < -0.3 is 15.4 Å². The molecule has 1 spiro atoms. The lowest BCUT2D eigenvalue weighted by Gasteiger charge is -2.32. The SMILES string of the molecule is Cn1ccc(C(=O)NCC2CC3(CCNCC3)CO2)n1. The molecule has 1 amide bonds. The van der Waals surface area contributed by atoms with Gasteiger partial charge >= 0.3 is 0 Å². The van der Waals surface area contributed by atoms with Crippen molar-refractivity contribution in [1.29, 1.82) is 0 Å². The Balaban J connectivity index is 1.49. The lowest BCUT2D eigenvalue weighted by molar-refractivity contribution is 0.0779. The van der Waals surface area contributed by atoms with Crippen LogP contribution in [0.3, 0.4) is 0 Å². The van der Waals surface area contributed by atoms with E-state index in [-0.39, 0.29) is 12.0 Å². The van der Waals surface area contributed by atoms with Gasteiger partial charge in [0.1, 0.15) is 5.69 Å². The Kier molecular flexibility index (Phi) is 3.76. The number of ether oxygens (including phenoxy) is 1. The van der Waals surface area contributed by atoms with Gasteiger partial charge in [-0.1, -0.05) is 0 Å². The second-order valence-corrected chi connectivity index (χ2v) is 5.97. The third-order valence-electron chi connectivity index (χ3n) is 4.39. The zero-order chi connectivity index (χ0) is 14.0. The van der Waals surface area contributed by atoms with Gasteiger partial charge in [-0.25, -0.2) is 0 Å². The van der Waals surface area contributed by atoms with Crippen molar-refractivity contribution in [3.05, 3.63) is 18.0 Å². The molecule has 6 nitrogen and oxygen atoms in total. The highest BCUT2D eigenvalue weighted by atomic mass is 16.5. The Labute approximate surface area is 118 Å². The maximum Gasteiger partial charge on any atom is 0.271 e. The molecule has 0 aromatic carbocycles. The number of nitrogens with zero attached hydrogens (tertiary/aromatic N) is 2. The molecule has 0 aliphatic carbocycles. The summed E-state index contributed by atoms with van der Waals surface area (Å²) >= 11 is 0. The molecule has 3 heterocycles. The predicted molar refractivity (Wildman–Crippen MR) is 74.4 cm³/mol. The highest BCUT2D eigenvalue weighted by Gasteiger charge is 2.40. The van der Waals surface area contributed by atoms with E-state index in [4.69, 9.17) is 4.74 Å². The van der Waals surface area contributed by atoms with Gasteiger partial charge in [0, 0.05) is 19.8 Å². The number of piperidine rings is 1. The standard InChI is InChI=1S/C14H22N4O2/c1-18-7-2-12(17-18)13(19)16-9-11-8-14(10-20-11)3-5-15-6-4-14/h2,7,11,15H,3-6,8-10H2,1H3,(H,16,19). The third kappa shape index (κ3) is 2.86. The Bertz CT molecular complexity index is 479. The second kappa shape index (κ2) is 5.54. The first kappa shape index (κ1) is 13.6. The smallest absolute Gasteiger partial charge is 0.271 e. The number of amides is 1.